The normalized spacial score (nSPS) is 12.1. The largest absolute Gasteiger partial charge is 0.508 e. The van der Waals surface area contributed by atoms with Crippen molar-refractivity contribution in [1.29, 1.82) is 0 Å². The third-order valence-corrected chi connectivity index (χ3v) is 2.34. The van der Waals surface area contributed by atoms with Crippen molar-refractivity contribution < 1.29 is 9.84 Å². The molecule has 0 heterocycles. The van der Waals surface area contributed by atoms with Crippen LogP contribution in [0.4, 0.5) is 0 Å². The predicted octanol–water partition coefficient (Wildman–Crippen LogP) is 3.60. The van der Waals surface area contributed by atoms with E-state index in [2.05, 4.69) is 0 Å². The summed E-state index contributed by atoms with van der Waals surface area (Å²) in [6.07, 6.45) is 5.99. The van der Waals surface area contributed by atoms with Gasteiger partial charge in [0.1, 0.15) is 18.1 Å². The Kier molecular flexibility index (Phi) is 4.65. The first-order valence-corrected chi connectivity index (χ1v) is 5.37. The highest BCUT2D eigenvalue weighted by Gasteiger charge is 1.99. The molecule has 86 valence electrons. The monoisotopic (exact) mass is 218 g/mol. The van der Waals surface area contributed by atoms with E-state index in [0.29, 0.717) is 12.4 Å². The summed E-state index contributed by atoms with van der Waals surface area (Å²) in [6, 6.07) is 5.34. The number of aromatic hydroxyl groups is 1. The molecule has 0 aromatic heterocycles. The van der Waals surface area contributed by atoms with Gasteiger partial charge in [-0.25, -0.2) is 0 Å². The topological polar surface area (TPSA) is 29.5 Å². The van der Waals surface area contributed by atoms with E-state index >= 15 is 0 Å². The SMILES string of the molecule is C/C=C\C(=C/C)COc1ccc(C)c(O)c1. The molecule has 1 N–H and O–H groups in total. The highest BCUT2D eigenvalue weighted by molar-refractivity contribution is 5.39. The van der Waals surface area contributed by atoms with E-state index in [0.717, 1.165) is 11.1 Å². The van der Waals surface area contributed by atoms with Crippen molar-refractivity contribution in [1.82, 2.24) is 0 Å². The number of allylic oxidation sites excluding steroid dienone is 2. The fourth-order valence-electron chi connectivity index (χ4n) is 1.29. The lowest BCUT2D eigenvalue weighted by molar-refractivity contribution is 0.352. The number of aryl methyl sites for hydroxylation is 1. The Morgan fingerprint density at radius 2 is 2.12 bits per heavy atom. The first kappa shape index (κ1) is 12.4. The Bertz CT molecular complexity index is 403. The molecule has 1 rings (SSSR count). The number of benzene rings is 1. The van der Waals surface area contributed by atoms with E-state index in [1.54, 1.807) is 6.07 Å². The fraction of sp³-hybridized carbons (Fsp3) is 0.286. The van der Waals surface area contributed by atoms with Gasteiger partial charge in [-0.2, -0.15) is 0 Å². The number of phenolic OH excluding ortho intramolecular Hbond substituents is 1. The van der Waals surface area contributed by atoms with Crippen LogP contribution in [0.2, 0.25) is 0 Å². The molecule has 16 heavy (non-hydrogen) atoms. The van der Waals surface area contributed by atoms with Crippen molar-refractivity contribution in [3.8, 4) is 11.5 Å². The first-order valence-electron chi connectivity index (χ1n) is 5.37. The molecule has 2 nitrogen and oxygen atoms in total. The maximum atomic E-state index is 9.52. The van der Waals surface area contributed by atoms with Crippen LogP contribution in [0.25, 0.3) is 0 Å². The van der Waals surface area contributed by atoms with Gasteiger partial charge < -0.3 is 9.84 Å². The van der Waals surface area contributed by atoms with Crippen LogP contribution < -0.4 is 4.74 Å². The van der Waals surface area contributed by atoms with E-state index in [1.807, 2.05) is 51.1 Å². The zero-order chi connectivity index (χ0) is 12.0. The summed E-state index contributed by atoms with van der Waals surface area (Å²) in [5.74, 6) is 0.956. The Morgan fingerprint density at radius 3 is 2.69 bits per heavy atom. The molecule has 0 bridgehead atoms. The minimum Gasteiger partial charge on any atom is -0.508 e. The number of phenols is 1. The van der Waals surface area contributed by atoms with Crippen LogP contribution in [0.15, 0.2) is 42.0 Å². The molecule has 1 aromatic carbocycles. The standard InChI is InChI=1S/C14H18O2/c1-4-6-12(5-2)10-16-13-8-7-11(3)14(15)9-13/h4-9,15H,10H2,1-3H3/b6-4-,12-5+. The van der Waals surface area contributed by atoms with Gasteiger partial charge in [-0.3, -0.25) is 0 Å². The van der Waals surface area contributed by atoms with Crippen LogP contribution in [0, 0.1) is 6.92 Å². The summed E-state index contributed by atoms with van der Waals surface area (Å²) in [4.78, 5) is 0. The lowest BCUT2D eigenvalue weighted by Crippen LogP contribution is -1.99. The lowest BCUT2D eigenvalue weighted by atomic mass is 10.2. The van der Waals surface area contributed by atoms with Gasteiger partial charge in [-0.15, -0.1) is 0 Å². The smallest absolute Gasteiger partial charge is 0.123 e. The molecular weight excluding hydrogens is 200 g/mol. The van der Waals surface area contributed by atoms with Crippen LogP contribution in [-0.4, -0.2) is 11.7 Å². The second kappa shape index (κ2) is 6.01. The molecule has 0 atom stereocenters. The molecule has 0 spiro atoms. The summed E-state index contributed by atoms with van der Waals surface area (Å²) in [5, 5.41) is 9.52. The van der Waals surface area contributed by atoms with Gasteiger partial charge in [0.25, 0.3) is 0 Å². The zero-order valence-electron chi connectivity index (χ0n) is 10.0. The molecule has 0 fully saturated rings. The fourth-order valence-corrected chi connectivity index (χ4v) is 1.29. The summed E-state index contributed by atoms with van der Waals surface area (Å²) in [5.41, 5.74) is 1.97. The second-order valence-electron chi connectivity index (χ2n) is 3.60. The van der Waals surface area contributed by atoms with Crippen molar-refractivity contribution in [3.05, 3.63) is 47.6 Å². The van der Waals surface area contributed by atoms with Crippen LogP contribution in [0.3, 0.4) is 0 Å². The van der Waals surface area contributed by atoms with E-state index in [-0.39, 0.29) is 5.75 Å². The van der Waals surface area contributed by atoms with Crippen LogP contribution >= 0.6 is 0 Å². The third kappa shape index (κ3) is 3.46. The lowest BCUT2D eigenvalue weighted by Gasteiger charge is -2.08. The van der Waals surface area contributed by atoms with Gasteiger partial charge >= 0.3 is 0 Å². The number of ether oxygens (including phenoxy) is 1. The van der Waals surface area contributed by atoms with Gasteiger partial charge in [0.2, 0.25) is 0 Å². The number of hydrogen-bond acceptors (Lipinski definition) is 2. The third-order valence-electron chi connectivity index (χ3n) is 2.34. The minimum atomic E-state index is 0.269. The Morgan fingerprint density at radius 1 is 1.38 bits per heavy atom. The van der Waals surface area contributed by atoms with Crippen molar-refractivity contribution >= 4 is 0 Å². The molecule has 0 unspecified atom stereocenters. The van der Waals surface area contributed by atoms with Crippen molar-refractivity contribution in [2.24, 2.45) is 0 Å². The molecule has 0 aliphatic heterocycles. The highest BCUT2D eigenvalue weighted by atomic mass is 16.5. The van der Waals surface area contributed by atoms with Crippen LogP contribution in [-0.2, 0) is 0 Å². The van der Waals surface area contributed by atoms with Crippen molar-refractivity contribution in [2.75, 3.05) is 6.61 Å². The van der Waals surface area contributed by atoms with Crippen molar-refractivity contribution in [2.45, 2.75) is 20.8 Å². The molecule has 1 aromatic rings. The molecule has 0 radical (unpaired) electrons. The average Bonchev–Trinajstić information content (AvgIpc) is 2.28. The Labute approximate surface area is 96.9 Å². The Balaban J connectivity index is 2.64. The van der Waals surface area contributed by atoms with Crippen LogP contribution in [0.1, 0.15) is 19.4 Å². The van der Waals surface area contributed by atoms with E-state index in [9.17, 15) is 5.11 Å². The summed E-state index contributed by atoms with van der Waals surface area (Å²) in [7, 11) is 0. The second-order valence-corrected chi connectivity index (χ2v) is 3.60. The van der Waals surface area contributed by atoms with Gasteiger partial charge in [-0.1, -0.05) is 24.3 Å². The van der Waals surface area contributed by atoms with E-state index in [4.69, 9.17) is 4.74 Å². The predicted molar refractivity (Wildman–Crippen MR) is 66.9 cm³/mol. The molecule has 0 saturated carbocycles. The summed E-state index contributed by atoms with van der Waals surface area (Å²) in [6.45, 7) is 6.33. The molecule has 0 aliphatic carbocycles. The zero-order valence-corrected chi connectivity index (χ0v) is 10.0. The van der Waals surface area contributed by atoms with Gasteiger partial charge in [-0.05, 0) is 38.0 Å². The van der Waals surface area contributed by atoms with Crippen LogP contribution in [0.5, 0.6) is 11.5 Å². The van der Waals surface area contributed by atoms with Crippen molar-refractivity contribution in [3.63, 3.8) is 0 Å². The maximum Gasteiger partial charge on any atom is 0.123 e. The summed E-state index contributed by atoms with van der Waals surface area (Å²) < 4.78 is 5.57. The molecule has 2 heteroatoms. The molecular formula is C14H18O2. The summed E-state index contributed by atoms with van der Waals surface area (Å²) >= 11 is 0. The van der Waals surface area contributed by atoms with Gasteiger partial charge in [0, 0.05) is 6.07 Å². The molecule has 0 amide bonds. The number of hydrogen-bond donors (Lipinski definition) is 1. The van der Waals surface area contributed by atoms with E-state index < -0.39 is 0 Å². The highest BCUT2D eigenvalue weighted by Crippen LogP contribution is 2.22. The van der Waals surface area contributed by atoms with E-state index in [1.165, 1.54) is 0 Å². The quantitative estimate of drug-likeness (QED) is 0.782. The Hall–Kier alpha value is -1.70. The number of rotatable bonds is 4. The first-order chi connectivity index (χ1) is 7.67. The minimum absolute atomic E-state index is 0.269. The van der Waals surface area contributed by atoms with Gasteiger partial charge in [0.05, 0.1) is 0 Å². The molecule has 0 saturated heterocycles. The average molecular weight is 218 g/mol. The maximum absolute atomic E-state index is 9.52. The molecule has 0 aliphatic rings. The van der Waals surface area contributed by atoms with Gasteiger partial charge in [0.15, 0.2) is 0 Å².